The second-order valence-electron chi connectivity index (χ2n) is 12.2. The van der Waals surface area contributed by atoms with E-state index in [0.29, 0.717) is 34.5 Å². The van der Waals surface area contributed by atoms with Gasteiger partial charge in [-0.2, -0.15) is 19.9 Å². The van der Waals surface area contributed by atoms with Gasteiger partial charge >= 0.3 is 0 Å². The number of aromatic hydroxyl groups is 3. The molecule has 5 aromatic rings. The second-order valence-corrected chi connectivity index (χ2v) is 19.5. The van der Waals surface area contributed by atoms with Crippen molar-refractivity contribution in [2.24, 2.45) is 9.98 Å². The van der Waals surface area contributed by atoms with Gasteiger partial charge in [0.2, 0.25) is 23.3 Å². The molecule has 6 N–H and O–H groups in total. The molecule has 3 aromatic carbocycles. The van der Waals surface area contributed by atoms with E-state index >= 15 is 0 Å². The summed E-state index contributed by atoms with van der Waals surface area (Å²) in [5, 5.41) is 59.2. The van der Waals surface area contributed by atoms with Gasteiger partial charge in [-0.05, 0) is 38.1 Å². The number of hydrogen-bond acceptors (Lipinski definition) is 17. The molecule has 0 unspecified atom stereocenters. The molecule has 2 aromatic heterocycles. The summed E-state index contributed by atoms with van der Waals surface area (Å²) >= 11 is 57.4. The smallest absolute Gasteiger partial charge is 0.273 e. The number of nitro benzene ring substituents is 2. The lowest BCUT2D eigenvalue weighted by atomic mass is 10.2. The lowest BCUT2D eigenvalue weighted by Crippen LogP contribution is -2.38. The zero-order valence-corrected chi connectivity index (χ0v) is 39.4. The first-order chi connectivity index (χ1) is 29.6. The molecule has 0 saturated heterocycles. The van der Waals surface area contributed by atoms with Crippen molar-refractivity contribution in [3.8, 4) is 17.2 Å². The summed E-state index contributed by atoms with van der Waals surface area (Å²) in [6, 6.07) is 11.5. The number of benzene rings is 3. The molecule has 0 bridgehead atoms. The number of nitrogens with zero attached hydrogens (tertiary/aromatic N) is 10. The fourth-order valence-corrected chi connectivity index (χ4v) is 5.52. The van der Waals surface area contributed by atoms with E-state index in [1.165, 1.54) is 24.3 Å². The standard InChI is InChI=1S/C12H9Cl4N3O.2C11H8Cl3N5O3/c1-6-4-10(19-11(17-6)12(14,15)16)18-8-3-2-7(13)5-9(8)20;1-5-15-9(11(12,13)14)18-10(16-5)17-7-4-6(19(21)22)2-3-8(7)20;1-5-15-9(11(12,13)14)18-10(16-5)17-7-3-2-6(19(21)22)4-8(7)20/h2-3,5,20H,1,4H2,(H,17,18,19);2*2-4,20H,1H3,(H,15,16,17,18). The highest BCUT2D eigenvalue weighted by Gasteiger charge is 2.32. The molecular formula is C34H25Cl10N13O7. The summed E-state index contributed by atoms with van der Waals surface area (Å²) in [5.74, 6) is 0.220. The number of non-ortho nitro benzene ring substituents is 2. The fraction of sp³-hybridized carbons (Fsp3) is 0.176. The van der Waals surface area contributed by atoms with Crippen molar-refractivity contribution in [2.75, 3.05) is 10.6 Å². The van der Waals surface area contributed by atoms with E-state index in [1.54, 1.807) is 26.0 Å². The van der Waals surface area contributed by atoms with Crippen molar-refractivity contribution in [1.82, 2.24) is 35.2 Å². The summed E-state index contributed by atoms with van der Waals surface area (Å²) in [4.78, 5) is 52.1. The average molecular weight is 1080 g/mol. The lowest BCUT2D eigenvalue weighted by molar-refractivity contribution is -0.385. The number of aliphatic imine (C=N–C) groups is 2. The minimum absolute atomic E-state index is 0.0235. The Morgan fingerprint density at radius 2 is 1.19 bits per heavy atom. The number of phenols is 3. The van der Waals surface area contributed by atoms with Gasteiger partial charge in [-0.1, -0.05) is 123 Å². The highest BCUT2D eigenvalue weighted by molar-refractivity contribution is 6.77. The van der Waals surface area contributed by atoms with E-state index in [-0.39, 0.29) is 75.2 Å². The van der Waals surface area contributed by atoms with Gasteiger partial charge in [-0.25, -0.2) is 20.0 Å². The zero-order valence-electron chi connectivity index (χ0n) is 31.8. The molecule has 0 spiro atoms. The van der Waals surface area contributed by atoms with Crippen molar-refractivity contribution in [3.63, 3.8) is 0 Å². The van der Waals surface area contributed by atoms with Crippen LogP contribution in [-0.4, -0.2) is 70.5 Å². The zero-order chi connectivity index (χ0) is 47.9. The number of nitro groups is 2. The molecule has 338 valence electrons. The van der Waals surface area contributed by atoms with Gasteiger partial charge in [-0.15, -0.1) is 0 Å². The van der Waals surface area contributed by atoms with Crippen molar-refractivity contribution in [3.05, 3.63) is 115 Å². The minimum atomic E-state index is -1.85. The van der Waals surface area contributed by atoms with Crippen LogP contribution in [0.5, 0.6) is 17.2 Å². The Labute approximate surface area is 410 Å². The Balaban J connectivity index is 0.000000211. The number of amidine groups is 2. The van der Waals surface area contributed by atoms with Crippen LogP contribution < -0.4 is 16.0 Å². The second kappa shape index (κ2) is 21.5. The molecule has 64 heavy (non-hydrogen) atoms. The summed E-state index contributed by atoms with van der Waals surface area (Å²) in [6.45, 7) is 6.90. The number of aryl methyl sites for hydroxylation is 2. The number of alkyl halides is 9. The normalized spacial score (nSPS) is 13.3. The molecular weight excluding hydrogens is 1060 g/mol. The predicted molar refractivity (Wildman–Crippen MR) is 249 cm³/mol. The SMILES string of the molecule is C=C1CC(=Nc2ccc(Cl)cc2O)N=C(C(Cl)(Cl)Cl)N1.Cc1nc(Nc2cc([N+](=O)[O-])ccc2O)nc(C(Cl)(Cl)Cl)n1.Cc1nc(Nc2ccc([N+](=O)[O-])cc2O)nc(C(Cl)(Cl)Cl)n1. The molecule has 0 saturated carbocycles. The fourth-order valence-electron chi connectivity index (χ4n) is 4.57. The number of rotatable bonds is 7. The first kappa shape index (κ1) is 51.9. The maximum atomic E-state index is 10.8. The predicted octanol–water partition coefficient (Wildman–Crippen LogP) is 11.1. The van der Waals surface area contributed by atoms with Crippen LogP contribution in [0.1, 0.15) is 29.7 Å². The van der Waals surface area contributed by atoms with Crippen LogP contribution in [0.3, 0.4) is 0 Å². The first-order valence-corrected chi connectivity index (χ1v) is 20.6. The van der Waals surface area contributed by atoms with Crippen molar-refractivity contribution in [1.29, 1.82) is 0 Å². The number of halogens is 10. The maximum Gasteiger partial charge on any atom is 0.273 e. The third-order valence-corrected chi connectivity index (χ3v) is 9.03. The van der Waals surface area contributed by atoms with E-state index < -0.39 is 21.2 Å². The Morgan fingerprint density at radius 1 is 0.672 bits per heavy atom. The molecule has 0 radical (unpaired) electrons. The van der Waals surface area contributed by atoms with Crippen LogP contribution in [0.2, 0.25) is 5.02 Å². The first-order valence-electron chi connectivity index (χ1n) is 16.8. The maximum absolute atomic E-state index is 10.8. The molecule has 0 amide bonds. The highest BCUT2D eigenvalue weighted by atomic mass is 35.6. The number of hydrogen-bond donors (Lipinski definition) is 6. The summed E-state index contributed by atoms with van der Waals surface area (Å²) in [7, 11) is 0. The molecule has 0 aliphatic carbocycles. The molecule has 1 aliphatic rings. The van der Waals surface area contributed by atoms with E-state index in [0.717, 1.165) is 18.2 Å². The number of phenolic OH excluding ortho intramolecular Hbond substituents is 3. The third kappa shape index (κ3) is 15.5. The van der Waals surface area contributed by atoms with E-state index in [4.69, 9.17) is 116 Å². The van der Waals surface area contributed by atoms with Gasteiger partial charge in [0.05, 0.1) is 27.3 Å². The summed E-state index contributed by atoms with van der Waals surface area (Å²) < 4.78 is -5.39. The molecule has 30 heteroatoms. The summed E-state index contributed by atoms with van der Waals surface area (Å²) in [6.07, 6.45) is 0.353. The van der Waals surface area contributed by atoms with Crippen molar-refractivity contribution in [2.45, 2.75) is 31.6 Å². The van der Waals surface area contributed by atoms with Gasteiger partial charge in [0, 0.05) is 41.4 Å². The molecule has 0 atom stereocenters. The van der Waals surface area contributed by atoms with E-state index in [9.17, 15) is 35.5 Å². The highest BCUT2D eigenvalue weighted by Crippen LogP contribution is 2.38. The average Bonchev–Trinajstić information content (AvgIpc) is 3.16. The minimum Gasteiger partial charge on any atom is -0.506 e. The number of anilines is 4. The van der Waals surface area contributed by atoms with Gasteiger partial charge in [0.1, 0.15) is 40.4 Å². The van der Waals surface area contributed by atoms with Crippen LogP contribution in [-0.2, 0) is 7.59 Å². The Kier molecular flexibility index (Phi) is 17.4. The van der Waals surface area contributed by atoms with Crippen LogP contribution >= 0.6 is 116 Å². The third-order valence-electron chi connectivity index (χ3n) is 7.24. The molecule has 6 rings (SSSR count). The molecule has 20 nitrogen and oxygen atoms in total. The van der Waals surface area contributed by atoms with Gasteiger partial charge in [-0.3, -0.25) is 20.2 Å². The Morgan fingerprint density at radius 3 is 1.67 bits per heavy atom. The van der Waals surface area contributed by atoms with Crippen LogP contribution in [0.4, 0.5) is 40.3 Å². The van der Waals surface area contributed by atoms with Crippen LogP contribution in [0, 0.1) is 34.1 Å². The van der Waals surface area contributed by atoms with E-state index in [1.807, 2.05) is 0 Å². The molecule has 0 fully saturated rings. The van der Waals surface area contributed by atoms with Gasteiger partial charge in [0.15, 0.2) is 17.5 Å². The van der Waals surface area contributed by atoms with E-state index in [2.05, 4.69) is 62.4 Å². The van der Waals surface area contributed by atoms with Gasteiger partial charge in [0.25, 0.3) is 11.4 Å². The quantitative estimate of drug-likeness (QED) is 0.0382. The monoisotopic (exact) mass is 1080 g/mol. The largest absolute Gasteiger partial charge is 0.506 e. The number of aromatic nitrogens is 6. The summed E-state index contributed by atoms with van der Waals surface area (Å²) in [5.41, 5.74) is 0.645. The Hall–Kier alpha value is -4.74. The lowest BCUT2D eigenvalue weighted by Gasteiger charge is -2.22. The van der Waals surface area contributed by atoms with Gasteiger partial charge < -0.3 is 31.3 Å². The van der Waals surface area contributed by atoms with Crippen LogP contribution in [0.15, 0.2) is 76.9 Å². The van der Waals surface area contributed by atoms with Crippen molar-refractivity contribution < 1.29 is 25.2 Å². The Bertz CT molecular complexity index is 2660. The van der Waals surface area contributed by atoms with Crippen molar-refractivity contribution >= 4 is 168 Å². The topological polar surface area (TPSA) is 285 Å². The molecule has 1 aliphatic heterocycles. The van der Waals surface area contributed by atoms with Crippen LogP contribution in [0.25, 0.3) is 0 Å². The number of nitrogens with one attached hydrogen (secondary N) is 3. The molecule has 3 heterocycles.